The first-order valence-electron chi connectivity index (χ1n) is 8.87. The number of carbonyl (C=O) groups is 1. The van der Waals surface area contributed by atoms with Crippen LogP contribution in [-0.4, -0.2) is 70.1 Å². The third kappa shape index (κ3) is 5.31. The van der Waals surface area contributed by atoms with Crippen LogP contribution in [-0.2, 0) is 17.6 Å². The Bertz CT molecular complexity index is 629. The number of piperazine rings is 1. The summed E-state index contributed by atoms with van der Waals surface area (Å²) in [6.45, 7) is 12.0. The average molecular weight is 478 g/mol. The summed E-state index contributed by atoms with van der Waals surface area (Å²) in [6.07, 6.45) is 1.38. The Morgan fingerprint density at radius 2 is 2.12 bits per heavy atom. The number of halogens is 1. The predicted molar refractivity (Wildman–Crippen MR) is 112 cm³/mol. The molecule has 0 saturated carbocycles. The molecule has 148 valence electrons. The van der Waals surface area contributed by atoms with E-state index in [0.29, 0.717) is 31.2 Å². The van der Waals surface area contributed by atoms with Gasteiger partial charge in [-0.1, -0.05) is 12.1 Å². The molecule has 1 fully saturated rings. The predicted octanol–water partition coefficient (Wildman–Crippen LogP) is 1.70. The summed E-state index contributed by atoms with van der Waals surface area (Å²) in [6, 6.07) is 0.186. The fourth-order valence-corrected chi connectivity index (χ4v) is 3.47. The van der Waals surface area contributed by atoms with Crippen LogP contribution in [0.25, 0.3) is 0 Å². The average Bonchev–Trinajstić information content (AvgIpc) is 2.97. The monoisotopic (exact) mass is 478 g/mol. The van der Waals surface area contributed by atoms with Gasteiger partial charge in [0, 0.05) is 39.0 Å². The Hall–Kier alpha value is -1.39. The number of amides is 1. The largest absolute Gasteiger partial charge is 0.356 e. The SMILES string of the molecule is CCc1nc(CCNC(=NC)N2CC(=O)N(C(C)C)C(C)(C)C2)no1.I. The number of nitrogens with zero attached hydrogens (tertiary/aromatic N) is 5. The molecule has 9 heteroatoms. The van der Waals surface area contributed by atoms with Crippen molar-refractivity contribution in [3.05, 3.63) is 11.7 Å². The molecular formula is C17H31IN6O2. The Kier molecular flexibility index (Phi) is 8.29. The first kappa shape index (κ1) is 22.7. The fourth-order valence-electron chi connectivity index (χ4n) is 3.47. The molecule has 0 atom stereocenters. The second kappa shape index (κ2) is 9.52. The van der Waals surface area contributed by atoms with Gasteiger partial charge in [-0.2, -0.15) is 4.98 Å². The minimum absolute atomic E-state index is 0. The van der Waals surface area contributed by atoms with Gasteiger partial charge in [-0.25, -0.2) is 0 Å². The van der Waals surface area contributed by atoms with Gasteiger partial charge in [0.25, 0.3) is 0 Å². The Morgan fingerprint density at radius 3 is 2.62 bits per heavy atom. The molecule has 1 aromatic heterocycles. The maximum Gasteiger partial charge on any atom is 0.242 e. The third-order valence-corrected chi connectivity index (χ3v) is 4.30. The molecule has 0 spiro atoms. The molecule has 1 aliphatic rings. The molecule has 0 unspecified atom stereocenters. The van der Waals surface area contributed by atoms with Crippen LogP contribution in [0.1, 0.15) is 46.3 Å². The van der Waals surface area contributed by atoms with E-state index in [1.165, 1.54) is 0 Å². The van der Waals surface area contributed by atoms with Gasteiger partial charge in [0.15, 0.2) is 11.8 Å². The standard InChI is InChI=1S/C17H30N6O2.HI/c1-7-14-20-13(21-25-14)8-9-19-16(18-6)22-10-15(24)23(12(2)3)17(4,5)11-22;/h12H,7-11H2,1-6H3,(H,18,19);1H. The van der Waals surface area contributed by atoms with Crippen molar-refractivity contribution in [3.63, 3.8) is 0 Å². The number of hydrogen-bond donors (Lipinski definition) is 1. The second-order valence-electron chi connectivity index (χ2n) is 7.21. The number of aliphatic imine (C=N–C) groups is 1. The van der Waals surface area contributed by atoms with E-state index < -0.39 is 0 Å². The van der Waals surface area contributed by atoms with Gasteiger partial charge < -0.3 is 19.6 Å². The third-order valence-electron chi connectivity index (χ3n) is 4.30. The first-order valence-corrected chi connectivity index (χ1v) is 8.87. The van der Waals surface area contributed by atoms with Gasteiger partial charge in [0.05, 0.1) is 12.1 Å². The van der Waals surface area contributed by atoms with E-state index in [9.17, 15) is 4.79 Å². The highest BCUT2D eigenvalue weighted by atomic mass is 127. The lowest BCUT2D eigenvalue weighted by atomic mass is 9.96. The van der Waals surface area contributed by atoms with Crippen LogP contribution in [0.4, 0.5) is 0 Å². The van der Waals surface area contributed by atoms with Crippen molar-refractivity contribution >= 4 is 35.8 Å². The molecule has 0 aromatic carbocycles. The molecule has 0 bridgehead atoms. The van der Waals surface area contributed by atoms with Gasteiger partial charge in [-0.15, -0.1) is 24.0 Å². The van der Waals surface area contributed by atoms with E-state index in [2.05, 4.69) is 48.1 Å². The van der Waals surface area contributed by atoms with Crippen molar-refractivity contribution in [1.82, 2.24) is 25.3 Å². The summed E-state index contributed by atoms with van der Waals surface area (Å²) >= 11 is 0. The number of guanidine groups is 1. The molecule has 2 heterocycles. The second-order valence-corrected chi connectivity index (χ2v) is 7.21. The lowest BCUT2D eigenvalue weighted by Gasteiger charge is -2.49. The molecule has 0 aliphatic carbocycles. The highest BCUT2D eigenvalue weighted by molar-refractivity contribution is 14.0. The van der Waals surface area contributed by atoms with Crippen LogP contribution in [0.3, 0.4) is 0 Å². The van der Waals surface area contributed by atoms with Crippen molar-refractivity contribution in [3.8, 4) is 0 Å². The van der Waals surface area contributed by atoms with E-state index in [1.807, 2.05) is 16.7 Å². The van der Waals surface area contributed by atoms with Gasteiger partial charge in [0.1, 0.15) is 0 Å². The smallest absolute Gasteiger partial charge is 0.242 e. The van der Waals surface area contributed by atoms with Gasteiger partial charge in [-0.3, -0.25) is 9.79 Å². The highest BCUT2D eigenvalue weighted by Gasteiger charge is 2.40. The van der Waals surface area contributed by atoms with Crippen molar-refractivity contribution in [2.45, 2.75) is 59.0 Å². The summed E-state index contributed by atoms with van der Waals surface area (Å²) in [5, 5.41) is 7.25. The van der Waals surface area contributed by atoms with Crippen LogP contribution in [0, 0.1) is 0 Å². The molecule has 26 heavy (non-hydrogen) atoms. The maximum absolute atomic E-state index is 12.6. The zero-order valence-corrected chi connectivity index (χ0v) is 18.9. The summed E-state index contributed by atoms with van der Waals surface area (Å²) in [5.41, 5.74) is -0.245. The van der Waals surface area contributed by atoms with Gasteiger partial charge in [0.2, 0.25) is 11.8 Å². The normalized spacial score (nSPS) is 17.5. The Morgan fingerprint density at radius 1 is 1.42 bits per heavy atom. The minimum Gasteiger partial charge on any atom is -0.356 e. The Labute approximate surface area is 172 Å². The van der Waals surface area contributed by atoms with Gasteiger partial charge in [-0.05, 0) is 27.7 Å². The number of rotatable bonds is 5. The molecular weight excluding hydrogens is 447 g/mol. The number of nitrogens with one attached hydrogen (secondary N) is 1. The number of aromatic nitrogens is 2. The van der Waals surface area contributed by atoms with Crippen LogP contribution in [0.5, 0.6) is 0 Å². The van der Waals surface area contributed by atoms with Crippen LogP contribution < -0.4 is 5.32 Å². The zero-order valence-electron chi connectivity index (χ0n) is 16.6. The zero-order chi connectivity index (χ0) is 18.6. The first-order chi connectivity index (χ1) is 11.8. The summed E-state index contributed by atoms with van der Waals surface area (Å²) in [7, 11) is 1.73. The molecule has 1 N–H and O–H groups in total. The van der Waals surface area contributed by atoms with Crippen molar-refractivity contribution in [2.75, 3.05) is 26.7 Å². The van der Waals surface area contributed by atoms with E-state index in [1.54, 1.807) is 7.05 Å². The van der Waals surface area contributed by atoms with Gasteiger partial charge >= 0.3 is 0 Å². The Balaban J connectivity index is 0.00000338. The minimum atomic E-state index is -0.245. The lowest BCUT2D eigenvalue weighted by Crippen LogP contribution is -2.66. The fraction of sp³-hybridized carbons (Fsp3) is 0.765. The molecule has 1 amide bonds. The van der Waals surface area contributed by atoms with Crippen molar-refractivity contribution < 1.29 is 9.32 Å². The molecule has 8 nitrogen and oxygen atoms in total. The molecule has 1 saturated heterocycles. The molecule has 0 radical (unpaired) electrons. The van der Waals surface area contributed by atoms with Crippen LogP contribution in [0.15, 0.2) is 9.52 Å². The lowest BCUT2D eigenvalue weighted by molar-refractivity contribution is -0.145. The number of carbonyl (C=O) groups excluding carboxylic acids is 1. The van der Waals surface area contributed by atoms with Crippen molar-refractivity contribution in [2.24, 2.45) is 4.99 Å². The maximum atomic E-state index is 12.6. The van der Waals surface area contributed by atoms with E-state index in [-0.39, 0.29) is 41.5 Å². The van der Waals surface area contributed by atoms with E-state index in [0.717, 1.165) is 18.9 Å². The van der Waals surface area contributed by atoms with Crippen LogP contribution >= 0.6 is 24.0 Å². The van der Waals surface area contributed by atoms with Crippen molar-refractivity contribution in [1.29, 1.82) is 0 Å². The van der Waals surface area contributed by atoms with E-state index >= 15 is 0 Å². The molecule has 2 rings (SSSR count). The summed E-state index contributed by atoms with van der Waals surface area (Å²) in [5.74, 6) is 2.18. The topological polar surface area (TPSA) is 86.9 Å². The highest BCUT2D eigenvalue weighted by Crippen LogP contribution is 2.24. The summed E-state index contributed by atoms with van der Waals surface area (Å²) in [4.78, 5) is 25.2. The molecule has 1 aromatic rings. The van der Waals surface area contributed by atoms with Crippen LogP contribution in [0.2, 0.25) is 0 Å². The quantitative estimate of drug-likeness (QED) is 0.394. The van der Waals surface area contributed by atoms with E-state index in [4.69, 9.17) is 4.52 Å². The molecule has 1 aliphatic heterocycles. The summed E-state index contributed by atoms with van der Waals surface area (Å²) < 4.78 is 5.11. The number of aryl methyl sites for hydroxylation is 1. The number of hydrogen-bond acceptors (Lipinski definition) is 5.